The van der Waals surface area contributed by atoms with Crippen LogP contribution in [0.4, 0.5) is 4.79 Å². The third-order valence-corrected chi connectivity index (χ3v) is 4.76. The number of amides is 1. The molecule has 1 amide bonds. The van der Waals surface area contributed by atoms with Crippen LogP contribution in [0.5, 0.6) is 0 Å². The van der Waals surface area contributed by atoms with Crippen LogP contribution in [0.2, 0.25) is 0 Å². The van der Waals surface area contributed by atoms with Gasteiger partial charge in [0.15, 0.2) is 0 Å². The van der Waals surface area contributed by atoms with Gasteiger partial charge in [0.2, 0.25) is 0 Å². The topological polar surface area (TPSA) is 43.8 Å². The molecule has 2 atom stereocenters. The van der Waals surface area contributed by atoms with E-state index in [-0.39, 0.29) is 6.04 Å². The van der Waals surface area contributed by atoms with Crippen LogP contribution < -0.4 is 0 Å². The van der Waals surface area contributed by atoms with Crippen LogP contribution >= 0.6 is 0 Å². The van der Waals surface area contributed by atoms with Crippen molar-refractivity contribution in [3.8, 4) is 0 Å². The molecular formula is C16H22N2O2. The van der Waals surface area contributed by atoms with Crippen molar-refractivity contribution in [2.24, 2.45) is 0 Å². The maximum absolute atomic E-state index is 11.6. The molecule has 0 bridgehead atoms. The Morgan fingerprint density at radius 1 is 1.20 bits per heavy atom. The Morgan fingerprint density at radius 2 is 1.90 bits per heavy atom. The molecule has 1 aromatic carbocycles. The molecule has 4 nitrogen and oxygen atoms in total. The zero-order valence-corrected chi connectivity index (χ0v) is 11.9. The van der Waals surface area contributed by atoms with Gasteiger partial charge < -0.3 is 5.11 Å². The summed E-state index contributed by atoms with van der Waals surface area (Å²) in [5, 5.41) is 9.49. The zero-order chi connectivity index (χ0) is 14.1. The number of hydrogen-bond donors (Lipinski definition) is 1. The quantitative estimate of drug-likeness (QED) is 0.901. The Hall–Kier alpha value is -1.55. The SMILES string of the molecule is C[C@@H]1CN(C(=O)O)[C@@H](c2ccccc2)CN1C1CCC1. The second-order valence-electron chi connectivity index (χ2n) is 5.99. The highest BCUT2D eigenvalue weighted by Crippen LogP contribution is 2.34. The van der Waals surface area contributed by atoms with Gasteiger partial charge >= 0.3 is 6.09 Å². The van der Waals surface area contributed by atoms with Crippen molar-refractivity contribution in [2.45, 2.75) is 44.3 Å². The Bertz CT molecular complexity index is 473. The minimum Gasteiger partial charge on any atom is -0.465 e. The fraction of sp³-hybridized carbons (Fsp3) is 0.562. The average Bonchev–Trinajstić information content (AvgIpc) is 2.39. The van der Waals surface area contributed by atoms with Crippen molar-refractivity contribution in [2.75, 3.05) is 13.1 Å². The maximum Gasteiger partial charge on any atom is 0.407 e. The molecule has 1 saturated heterocycles. The van der Waals surface area contributed by atoms with Gasteiger partial charge in [-0.2, -0.15) is 0 Å². The van der Waals surface area contributed by atoms with Crippen LogP contribution in [0, 0.1) is 0 Å². The molecule has 0 unspecified atom stereocenters. The third-order valence-electron chi connectivity index (χ3n) is 4.76. The summed E-state index contributed by atoms with van der Waals surface area (Å²) in [4.78, 5) is 15.7. The molecule has 1 aliphatic heterocycles. The average molecular weight is 274 g/mol. The summed E-state index contributed by atoms with van der Waals surface area (Å²) in [5.41, 5.74) is 1.10. The number of rotatable bonds is 2. The molecule has 1 aliphatic carbocycles. The first kappa shape index (κ1) is 13.4. The molecule has 0 aromatic heterocycles. The molecule has 1 N–H and O–H groups in total. The fourth-order valence-electron chi connectivity index (χ4n) is 3.39. The van der Waals surface area contributed by atoms with E-state index in [1.807, 2.05) is 30.3 Å². The number of benzene rings is 1. The van der Waals surface area contributed by atoms with E-state index in [0.717, 1.165) is 12.1 Å². The molecule has 1 saturated carbocycles. The summed E-state index contributed by atoms with van der Waals surface area (Å²) < 4.78 is 0. The van der Waals surface area contributed by atoms with Crippen molar-refractivity contribution >= 4 is 6.09 Å². The lowest BCUT2D eigenvalue weighted by molar-refractivity contribution is -0.00742. The molecule has 108 valence electrons. The highest BCUT2D eigenvalue weighted by Gasteiger charge is 2.39. The Balaban J connectivity index is 1.84. The summed E-state index contributed by atoms with van der Waals surface area (Å²) in [6.45, 7) is 3.57. The summed E-state index contributed by atoms with van der Waals surface area (Å²) >= 11 is 0. The van der Waals surface area contributed by atoms with Crippen molar-refractivity contribution in [1.82, 2.24) is 9.80 Å². The molecular weight excluding hydrogens is 252 g/mol. The molecule has 20 heavy (non-hydrogen) atoms. The van der Waals surface area contributed by atoms with Gasteiger partial charge in [-0.25, -0.2) is 4.79 Å². The fourth-order valence-corrected chi connectivity index (χ4v) is 3.39. The van der Waals surface area contributed by atoms with Gasteiger partial charge in [0.1, 0.15) is 0 Å². The largest absolute Gasteiger partial charge is 0.465 e. The predicted octanol–water partition coefficient (Wildman–Crippen LogP) is 2.96. The zero-order valence-electron chi connectivity index (χ0n) is 11.9. The van der Waals surface area contributed by atoms with E-state index in [4.69, 9.17) is 0 Å². The minimum absolute atomic E-state index is 0.0366. The van der Waals surface area contributed by atoms with Crippen LogP contribution in [0.15, 0.2) is 30.3 Å². The van der Waals surface area contributed by atoms with E-state index in [2.05, 4.69) is 11.8 Å². The standard InChI is InChI=1S/C16H22N2O2/c1-12-10-18(16(19)20)15(13-6-3-2-4-7-13)11-17(12)14-8-5-9-14/h2-4,6-7,12,14-15H,5,8-11H2,1H3,(H,19,20)/t12-,15-/m1/s1. The Labute approximate surface area is 120 Å². The second kappa shape index (κ2) is 5.44. The molecule has 4 heteroatoms. The van der Waals surface area contributed by atoms with Gasteiger partial charge in [0, 0.05) is 25.2 Å². The molecule has 3 rings (SSSR count). The van der Waals surface area contributed by atoms with Gasteiger partial charge in [0.25, 0.3) is 0 Å². The monoisotopic (exact) mass is 274 g/mol. The first-order chi connectivity index (χ1) is 9.66. The predicted molar refractivity (Wildman–Crippen MR) is 77.7 cm³/mol. The lowest BCUT2D eigenvalue weighted by Gasteiger charge is -2.49. The molecule has 0 spiro atoms. The normalized spacial score (nSPS) is 28.1. The van der Waals surface area contributed by atoms with Gasteiger partial charge in [0.05, 0.1) is 6.04 Å². The van der Waals surface area contributed by atoms with Gasteiger partial charge in [-0.15, -0.1) is 0 Å². The first-order valence-electron chi connectivity index (χ1n) is 7.47. The molecule has 2 aliphatic rings. The highest BCUT2D eigenvalue weighted by molar-refractivity contribution is 5.66. The summed E-state index contributed by atoms with van der Waals surface area (Å²) in [6.07, 6.45) is 3.03. The van der Waals surface area contributed by atoms with Crippen molar-refractivity contribution in [3.63, 3.8) is 0 Å². The van der Waals surface area contributed by atoms with Crippen LogP contribution in [0.25, 0.3) is 0 Å². The smallest absolute Gasteiger partial charge is 0.407 e. The van der Waals surface area contributed by atoms with E-state index < -0.39 is 6.09 Å². The van der Waals surface area contributed by atoms with Crippen LogP contribution in [0.1, 0.15) is 37.8 Å². The van der Waals surface area contributed by atoms with Crippen LogP contribution in [-0.4, -0.2) is 46.2 Å². The first-order valence-corrected chi connectivity index (χ1v) is 7.47. The van der Waals surface area contributed by atoms with Crippen molar-refractivity contribution < 1.29 is 9.90 Å². The van der Waals surface area contributed by atoms with E-state index >= 15 is 0 Å². The number of hydrogen-bond acceptors (Lipinski definition) is 2. The number of carbonyl (C=O) groups is 1. The number of piperazine rings is 1. The molecule has 1 aromatic rings. The summed E-state index contributed by atoms with van der Waals surface area (Å²) in [6, 6.07) is 11.0. The van der Waals surface area contributed by atoms with Gasteiger partial charge in [-0.05, 0) is 25.3 Å². The van der Waals surface area contributed by atoms with Crippen molar-refractivity contribution in [1.29, 1.82) is 0 Å². The van der Waals surface area contributed by atoms with E-state index in [1.165, 1.54) is 19.3 Å². The lowest BCUT2D eigenvalue weighted by Crippen LogP contribution is -2.59. The lowest BCUT2D eigenvalue weighted by atomic mass is 9.88. The second-order valence-corrected chi connectivity index (χ2v) is 5.99. The number of carboxylic acid groups (broad SMARTS) is 1. The summed E-state index contributed by atoms with van der Waals surface area (Å²) in [5.74, 6) is 0. The maximum atomic E-state index is 11.6. The Morgan fingerprint density at radius 3 is 2.45 bits per heavy atom. The minimum atomic E-state index is -0.807. The summed E-state index contributed by atoms with van der Waals surface area (Å²) in [7, 11) is 0. The number of nitrogens with zero attached hydrogens (tertiary/aromatic N) is 2. The van der Waals surface area contributed by atoms with Crippen LogP contribution in [0.3, 0.4) is 0 Å². The third kappa shape index (κ3) is 2.40. The molecule has 0 radical (unpaired) electrons. The molecule has 2 fully saturated rings. The molecule has 1 heterocycles. The van der Waals surface area contributed by atoms with E-state index in [0.29, 0.717) is 18.6 Å². The van der Waals surface area contributed by atoms with E-state index in [1.54, 1.807) is 4.90 Å². The Kier molecular flexibility index (Phi) is 3.66. The van der Waals surface area contributed by atoms with Crippen molar-refractivity contribution in [3.05, 3.63) is 35.9 Å². The van der Waals surface area contributed by atoms with Gasteiger partial charge in [-0.1, -0.05) is 36.8 Å². The van der Waals surface area contributed by atoms with E-state index in [9.17, 15) is 9.90 Å². The van der Waals surface area contributed by atoms with Crippen LogP contribution in [-0.2, 0) is 0 Å². The highest BCUT2D eigenvalue weighted by atomic mass is 16.4. The van der Waals surface area contributed by atoms with Gasteiger partial charge in [-0.3, -0.25) is 9.80 Å².